The molecule has 0 aromatic heterocycles. The lowest BCUT2D eigenvalue weighted by molar-refractivity contribution is -0.148. The number of likely N-dealkylation sites (tertiary alicyclic amines) is 1. The van der Waals surface area contributed by atoms with Gasteiger partial charge in [0.2, 0.25) is 0 Å². The summed E-state index contributed by atoms with van der Waals surface area (Å²) in [7, 11) is 0. The maximum Gasteiger partial charge on any atom is 0.320 e. The third kappa shape index (κ3) is 3.24. The maximum absolute atomic E-state index is 11.6. The molecule has 1 N–H and O–H groups in total. The number of carboxylic acid groups (broad SMARTS) is 1. The van der Waals surface area contributed by atoms with Gasteiger partial charge in [-0.05, 0) is 49.3 Å². The highest BCUT2D eigenvalue weighted by molar-refractivity contribution is 6.30. The molecule has 1 aliphatic heterocycles. The van der Waals surface area contributed by atoms with Crippen LogP contribution in [-0.4, -0.2) is 28.1 Å². The average molecular weight is 308 g/mol. The van der Waals surface area contributed by atoms with Gasteiger partial charge in [0.1, 0.15) is 6.04 Å². The number of carboxylic acids is 1. The van der Waals surface area contributed by atoms with E-state index >= 15 is 0 Å². The van der Waals surface area contributed by atoms with Crippen LogP contribution in [0.3, 0.4) is 0 Å². The zero-order chi connectivity index (χ0) is 14.8. The lowest BCUT2D eigenvalue weighted by atomic mass is 9.76. The van der Waals surface area contributed by atoms with Crippen LogP contribution in [0.15, 0.2) is 24.3 Å². The quantitative estimate of drug-likeness (QED) is 0.919. The molecule has 114 valence electrons. The average Bonchev–Trinajstić information content (AvgIpc) is 2.47. The number of fused-ring (bicyclic) bond motifs is 1. The van der Waals surface area contributed by atoms with Gasteiger partial charge in [-0.3, -0.25) is 9.69 Å². The molecular formula is C17H22ClNO2. The Morgan fingerprint density at radius 1 is 1.24 bits per heavy atom. The summed E-state index contributed by atoms with van der Waals surface area (Å²) in [4.78, 5) is 13.9. The van der Waals surface area contributed by atoms with E-state index in [9.17, 15) is 9.90 Å². The van der Waals surface area contributed by atoms with Crippen molar-refractivity contribution >= 4 is 17.6 Å². The summed E-state index contributed by atoms with van der Waals surface area (Å²) in [6, 6.07) is 7.87. The lowest BCUT2D eigenvalue weighted by Crippen LogP contribution is -2.54. The van der Waals surface area contributed by atoms with Crippen molar-refractivity contribution in [1.82, 2.24) is 4.90 Å². The van der Waals surface area contributed by atoms with Gasteiger partial charge >= 0.3 is 5.97 Å². The second kappa shape index (κ2) is 6.37. The Morgan fingerprint density at radius 2 is 2.05 bits per heavy atom. The first kappa shape index (κ1) is 14.9. The third-order valence-corrected chi connectivity index (χ3v) is 5.28. The number of halogens is 1. The third-order valence-electron chi connectivity index (χ3n) is 5.05. The summed E-state index contributed by atoms with van der Waals surface area (Å²) < 4.78 is 0. The van der Waals surface area contributed by atoms with E-state index in [1.807, 2.05) is 24.3 Å². The molecule has 3 atom stereocenters. The predicted octanol–water partition coefficient (Wildman–Crippen LogP) is 3.95. The summed E-state index contributed by atoms with van der Waals surface area (Å²) in [5, 5.41) is 10.3. The standard InChI is InChI=1S/C17H22ClNO2/c18-14-6-3-4-12(10-14)11-19-15-7-2-1-5-13(15)8-9-16(19)17(20)21/h3-4,6,10,13,15-16H,1-2,5,7-9,11H2,(H,20,21). The normalized spacial score (nSPS) is 29.9. The van der Waals surface area contributed by atoms with E-state index in [0.29, 0.717) is 18.5 Å². The highest BCUT2D eigenvalue weighted by Gasteiger charge is 2.41. The van der Waals surface area contributed by atoms with Gasteiger partial charge < -0.3 is 5.11 Å². The van der Waals surface area contributed by atoms with E-state index in [1.165, 1.54) is 19.3 Å². The van der Waals surface area contributed by atoms with Crippen molar-refractivity contribution in [3.8, 4) is 0 Å². The Labute approximate surface area is 130 Å². The van der Waals surface area contributed by atoms with Gasteiger partial charge in [-0.1, -0.05) is 36.6 Å². The van der Waals surface area contributed by atoms with Crippen LogP contribution in [0.25, 0.3) is 0 Å². The van der Waals surface area contributed by atoms with Crippen molar-refractivity contribution in [3.05, 3.63) is 34.9 Å². The molecule has 1 heterocycles. The predicted molar refractivity (Wildman–Crippen MR) is 83.4 cm³/mol. The molecule has 1 aromatic carbocycles. The van der Waals surface area contributed by atoms with Gasteiger partial charge in [0.15, 0.2) is 0 Å². The smallest absolute Gasteiger partial charge is 0.320 e. The fourth-order valence-corrected chi connectivity index (χ4v) is 4.28. The van der Waals surface area contributed by atoms with E-state index in [1.54, 1.807) is 0 Å². The summed E-state index contributed by atoms with van der Waals surface area (Å²) in [5.41, 5.74) is 1.11. The van der Waals surface area contributed by atoms with E-state index in [4.69, 9.17) is 11.6 Å². The number of nitrogens with zero attached hydrogens (tertiary/aromatic N) is 1. The van der Waals surface area contributed by atoms with Crippen LogP contribution in [-0.2, 0) is 11.3 Å². The number of piperidine rings is 1. The molecule has 0 spiro atoms. The van der Waals surface area contributed by atoms with Crippen LogP contribution in [0.1, 0.15) is 44.1 Å². The SMILES string of the molecule is O=C(O)C1CCC2CCCCC2N1Cc1cccc(Cl)c1. The van der Waals surface area contributed by atoms with E-state index in [-0.39, 0.29) is 6.04 Å². The molecular weight excluding hydrogens is 286 g/mol. The van der Waals surface area contributed by atoms with E-state index in [0.717, 1.165) is 29.8 Å². The second-order valence-electron chi connectivity index (χ2n) is 6.35. The topological polar surface area (TPSA) is 40.5 Å². The van der Waals surface area contributed by atoms with Crippen molar-refractivity contribution in [2.24, 2.45) is 5.92 Å². The van der Waals surface area contributed by atoms with Gasteiger partial charge in [0, 0.05) is 17.6 Å². The molecule has 1 aromatic rings. The molecule has 1 saturated carbocycles. The molecule has 2 fully saturated rings. The Kier molecular flexibility index (Phi) is 4.51. The van der Waals surface area contributed by atoms with Crippen molar-refractivity contribution in [3.63, 3.8) is 0 Å². The van der Waals surface area contributed by atoms with Crippen molar-refractivity contribution in [2.75, 3.05) is 0 Å². The minimum atomic E-state index is -0.680. The second-order valence-corrected chi connectivity index (χ2v) is 6.78. The number of rotatable bonds is 3. The zero-order valence-electron chi connectivity index (χ0n) is 12.2. The van der Waals surface area contributed by atoms with Crippen LogP contribution in [0.2, 0.25) is 5.02 Å². The Bertz CT molecular complexity index is 519. The fraction of sp³-hybridized carbons (Fsp3) is 0.588. The number of carbonyl (C=O) groups is 1. The first-order chi connectivity index (χ1) is 10.1. The number of hydrogen-bond donors (Lipinski definition) is 1. The van der Waals surface area contributed by atoms with Gasteiger partial charge in [-0.25, -0.2) is 0 Å². The highest BCUT2D eigenvalue weighted by atomic mass is 35.5. The van der Waals surface area contributed by atoms with Crippen molar-refractivity contribution < 1.29 is 9.90 Å². The lowest BCUT2D eigenvalue weighted by Gasteiger charge is -2.47. The fourth-order valence-electron chi connectivity index (χ4n) is 4.07. The number of hydrogen-bond acceptors (Lipinski definition) is 2. The van der Waals surface area contributed by atoms with Gasteiger partial charge in [0.25, 0.3) is 0 Å². The molecule has 1 aliphatic carbocycles. The molecule has 3 nitrogen and oxygen atoms in total. The molecule has 0 amide bonds. The molecule has 0 radical (unpaired) electrons. The monoisotopic (exact) mass is 307 g/mol. The van der Waals surface area contributed by atoms with Crippen LogP contribution in [0.4, 0.5) is 0 Å². The van der Waals surface area contributed by atoms with Gasteiger partial charge in [-0.15, -0.1) is 0 Å². The Balaban J connectivity index is 1.83. The van der Waals surface area contributed by atoms with Crippen LogP contribution < -0.4 is 0 Å². The minimum absolute atomic E-state index is 0.344. The first-order valence-corrected chi connectivity index (χ1v) is 8.26. The molecule has 1 saturated heterocycles. The molecule has 4 heteroatoms. The van der Waals surface area contributed by atoms with Crippen molar-refractivity contribution in [2.45, 2.75) is 57.2 Å². The summed E-state index contributed by atoms with van der Waals surface area (Å²) in [5.74, 6) is -0.00501. The summed E-state index contributed by atoms with van der Waals surface area (Å²) >= 11 is 6.06. The van der Waals surface area contributed by atoms with Crippen molar-refractivity contribution in [1.29, 1.82) is 0 Å². The molecule has 3 rings (SSSR count). The molecule has 21 heavy (non-hydrogen) atoms. The number of aliphatic carboxylic acids is 1. The summed E-state index contributed by atoms with van der Waals surface area (Å²) in [6.45, 7) is 0.693. The maximum atomic E-state index is 11.6. The largest absolute Gasteiger partial charge is 0.480 e. The van der Waals surface area contributed by atoms with Crippen LogP contribution in [0.5, 0.6) is 0 Å². The van der Waals surface area contributed by atoms with E-state index in [2.05, 4.69) is 4.90 Å². The number of benzene rings is 1. The van der Waals surface area contributed by atoms with Crippen LogP contribution in [0, 0.1) is 5.92 Å². The van der Waals surface area contributed by atoms with Gasteiger partial charge in [0.05, 0.1) is 0 Å². The van der Waals surface area contributed by atoms with E-state index < -0.39 is 5.97 Å². The highest BCUT2D eigenvalue weighted by Crippen LogP contribution is 2.38. The van der Waals surface area contributed by atoms with Gasteiger partial charge in [-0.2, -0.15) is 0 Å². The Morgan fingerprint density at radius 3 is 2.81 bits per heavy atom. The first-order valence-electron chi connectivity index (χ1n) is 7.88. The molecule has 0 bridgehead atoms. The minimum Gasteiger partial charge on any atom is -0.480 e. The Hall–Kier alpha value is -1.06. The van der Waals surface area contributed by atoms with Crippen LogP contribution >= 0.6 is 11.6 Å². The summed E-state index contributed by atoms with van der Waals surface area (Å²) in [6.07, 6.45) is 6.74. The molecule has 3 unspecified atom stereocenters. The zero-order valence-corrected chi connectivity index (χ0v) is 12.9. The molecule has 2 aliphatic rings.